The molecule has 1 amide bonds. The van der Waals surface area contributed by atoms with Crippen molar-refractivity contribution >= 4 is 27.5 Å². The van der Waals surface area contributed by atoms with Crippen LogP contribution in [-0.2, 0) is 19.6 Å². The summed E-state index contributed by atoms with van der Waals surface area (Å²) in [6.45, 7) is 8.04. The highest BCUT2D eigenvalue weighted by molar-refractivity contribution is 7.89. The van der Waals surface area contributed by atoms with Crippen LogP contribution >= 0.6 is 11.6 Å². The second kappa shape index (κ2) is 11.4. The van der Waals surface area contributed by atoms with Crippen LogP contribution in [0.4, 0.5) is 4.39 Å². The first-order valence-corrected chi connectivity index (χ1v) is 13.5. The zero-order valence-electron chi connectivity index (χ0n) is 19.7. The van der Waals surface area contributed by atoms with E-state index in [0.29, 0.717) is 31.7 Å². The molecule has 2 fully saturated rings. The first kappa shape index (κ1) is 26.3. The topological polar surface area (TPSA) is 70.2 Å². The third-order valence-electron chi connectivity index (χ3n) is 6.82. The zero-order valence-corrected chi connectivity index (χ0v) is 21.2. The van der Waals surface area contributed by atoms with Gasteiger partial charge in [0.05, 0.1) is 16.5 Å². The summed E-state index contributed by atoms with van der Waals surface area (Å²) in [6, 6.07) is 3.70. The third kappa shape index (κ3) is 6.25. The Kier molecular flexibility index (Phi) is 9.14. The van der Waals surface area contributed by atoms with Crippen LogP contribution in [0, 0.1) is 11.7 Å². The van der Waals surface area contributed by atoms with Gasteiger partial charge in [0.25, 0.3) is 0 Å². The van der Waals surface area contributed by atoms with Gasteiger partial charge in [-0.3, -0.25) is 9.69 Å². The molecule has 186 valence electrons. The number of piperazine rings is 1. The summed E-state index contributed by atoms with van der Waals surface area (Å²) < 4.78 is 46.9. The number of hydrogen-bond acceptors (Lipinski definition) is 5. The second-order valence-corrected chi connectivity index (χ2v) is 11.4. The summed E-state index contributed by atoms with van der Waals surface area (Å²) in [7, 11) is -2.36. The smallest absolute Gasteiger partial charge is 0.243 e. The Bertz CT molecular complexity index is 914. The molecule has 1 aromatic rings. The molecule has 1 heterocycles. The van der Waals surface area contributed by atoms with E-state index in [4.69, 9.17) is 16.3 Å². The average molecular weight is 504 g/mol. The third-order valence-corrected chi connectivity index (χ3v) is 9.06. The molecule has 0 atom stereocenters. The van der Waals surface area contributed by atoms with Crippen molar-refractivity contribution in [2.45, 2.75) is 56.5 Å². The van der Waals surface area contributed by atoms with Crippen LogP contribution in [0.25, 0.3) is 0 Å². The second-order valence-electron chi connectivity index (χ2n) is 9.14. The molecule has 1 saturated carbocycles. The van der Waals surface area contributed by atoms with E-state index in [-0.39, 0.29) is 40.9 Å². The average Bonchev–Trinajstić information content (AvgIpc) is 2.81. The molecular weight excluding hydrogens is 469 g/mol. The molecule has 1 saturated heterocycles. The van der Waals surface area contributed by atoms with Crippen molar-refractivity contribution in [1.29, 1.82) is 0 Å². The fourth-order valence-corrected chi connectivity index (χ4v) is 6.72. The predicted octanol–water partition coefficient (Wildman–Crippen LogP) is 3.23. The molecule has 1 aromatic carbocycles. The van der Waals surface area contributed by atoms with Crippen molar-refractivity contribution in [1.82, 2.24) is 14.1 Å². The Morgan fingerprint density at radius 3 is 2.36 bits per heavy atom. The number of carbonyl (C=O) groups is 1. The van der Waals surface area contributed by atoms with E-state index in [1.807, 2.05) is 4.90 Å². The lowest BCUT2D eigenvalue weighted by Gasteiger charge is -2.40. The lowest BCUT2D eigenvalue weighted by atomic mass is 9.85. The van der Waals surface area contributed by atoms with Crippen molar-refractivity contribution in [3.63, 3.8) is 0 Å². The summed E-state index contributed by atoms with van der Waals surface area (Å²) in [5, 5.41) is -0.227. The summed E-state index contributed by atoms with van der Waals surface area (Å²) >= 11 is 5.84. The lowest BCUT2D eigenvalue weighted by Crippen LogP contribution is -2.52. The molecule has 0 radical (unpaired) electrons. The number of sulfonamides is 1. The van der Waals surface area contributed by atoms with Gasteiger partial charge in [-0.15, -0.1) is 0 Å². The van der Waals surface area contributed by atoms with Crippen LogP contribution in [-0.4, -0.2) is 87.0 Å². The number of carbonyl (C=O) groups excluding carboxylic acids is 1. The minimum Gasteiger partial charge on any atom is -0.383 e. The van der Waals surface area contributed by atoms with Crippen LogP contribution < -0.4 is 0 Å². The Hall–Kier alpha value is -1.26. The summed E-state index contributed by atoms with van der Waals surface area (Å²) in [5.41, 5.74) is 0. The molecule has 2 aliphatic rings. The molecule has 0 unspecified atom stereocenters. The van der Waals surface area contributed by atoms with Crippen molar-refractivity contribution in [2.75, 3.05) is 46.4 Å². The number of nitrogens with zero attached hydrogens (tertiary/aromatic N) is 3. The monoisotopic (exact) mass is 503 g/mol. The Balaban J connectivity index is 1.65. The van der Waals surface area contributed by atoms with Gasteiger partial charge in [0.2, 0.25) is 15.9 Å². The van der Waals surface area contributed by atoms with E-state index in [0.717, 1.165) is 38.3 Å². The molecule has 1 aliphatic heterocycles. The number of halogens is 2. The maximum absolute atomic E-state index is 13.6. The molecule has 7 nitrogen and oxygen atoms in total. The summed E-state index contributed by atoms with van der Waals surface area (Å²) in [4.78, 5) is 17.4. The quantitative estimate of drug-likeness (QED) is 0.544. The van der Waals surface area contributed by atoms with Gasteiger partial charge in [0, 0.05) is 57.8 Å². The Labute approximate surface area is 201 Å². The van der Waals surface area contributed by atoms with Gasteiger partial charge in [-0.05, 0) is 57.7 Å². The van der Waals surface area contributed by atoms with Gasteiger partial charge in [0.1, 0.15) is 5.82 Å². The molecule has 1 aliphatic carbocycles. The fraction of sp³-hybridized carbons (Fsp3) is 0.696. The maximum Gasteiger partial charge on any atom is 0.243 e. The highest BCUT2D eigenvalue weighted by atomic mass is 35.5. The lowest BCUT2D eigenvalue weighted by molar-refractivity contribution is -0.138. The molecule has 0 bridgehead atoms. The van der Waals surface area contributed by atoms with Gasteiger partial charge < -0.3 is 9.64 Å². The first-order valence-electron chi connectivity index (χ1n) is 11.6. The van der Waals surface area contributed by atoms with Crippen molar-refractivity contribution in [3.8, 4) is 0 Å². The van der Waals surface area contributed by atoms with Crippen LogP contribution in [0.5, 0.6) is 0 Å². The van der Waals surface area contributed by atoms with Crippen LogP contribution in [0.1, 0.15) is 39.5 Å². The number of hydrogen-bond donors (Lipinski definition) is 0. The zero-order chi connectivity index (χ0) is 24.2. The largest absolute Gasteiger partial charge is 0.383 e. The van der Waals surface area contributed by atoms with Crippen LogP contribution in [0.3, 0.4) is 0 Å². The standard InChI is InChI=1S/C23H35ClFN3O4S/c1-17(2)26-10-12-27(13-11-26)23(29)18-4-6-19(7-5-18)28(14-15-32-3)33(30,31)20-8-9-22(25)21(24)16-20/h8-9,16-19H,4-7,10-15H2,1-3H3/t18-,19-. The van der Waals surface area contributed by atoms with Crippen molar-refractivity contribution < 1.29 is 22.3 Å². The predicted molar refractivity (Wildman–Crippen MR) is 126 cm³/mol. The minimum absolute atomic E-state index is 0.0359. The van der Waals surface area contributed by atoms with E-state index in [1.54, 1.807) is 0 Å². The Morgan fingerprint density at radius 2 is 1.82 bits per heavy atom. The molecule has 10 heteroatoms. The highest BCUT2D eigenvalue weighted by Crippen LogP contribution is 2.33. The van der Waals surface area contributed by atoms with Gasteiger partial charge in [0.15, 0.2) is 0 Å². The number of amides is 1. The number of ether oxygens (including phenoxy) is 1. The van der Waals surface area contributed by atoms with E-state index < -0.39 is 15.8 Å². The molecule has 0 spiro atoms. The molecule has 0 aromatic heterocycles. The van der Waals surface area contributed by atoms with Crippen LogP contribution in [0.2, 0.25) is 5.02 Å². The van der Waals surface area contributed by atoms with E-state index in [9.17, 15) is 17.6 Å². The van der Waals surface area contributed by atoms with E-state index in [1.165, 1.54) is 17.5 Å². The molecule has 33 heavy (non-hydrogen) atoms. The normalized spacial score (nSPS) is 22.8. The summed E-state index contributed by atoms with van der Waals surface area (Å²) in [6.07, 6.45) is 2.49. The van der Waals surface area contributed by atoms with Crippen molar-refractivity contribution in [3.05, 3.63) is 29.0 Å². The number of rotatable bonds is 8. The van der Waals surface area contributed by atoms with Gasteiger partial charge in [-0.25, -0.2) is 12.8 Å². The first-order chi connectivity index (χ1) is 15.6. The van der Waals surface area contributed by atoms with Gasteiger partial charge >= 0.3 is 0 Å². The minimum atomic E-state index is -3.88. The number of methoxy groups -OCH3 is 1. The maximum atomic E-state index is 13.6. The molecular formula is C23H35ClFN3O4S. The van der Waals surface area contributed by atoms with Crippen LogP contribution in [0.15, 0.2) is 23.1 Å². The number of benzene rings is 1. The molecule has 0 N–H and O–H groups in total. The fourth-order valence-electron chi connectivity index (χ4n) is 4.78. The summed E-state index contributed by atoms with van der Waals surface area (Å²) in [5.74, 6) is -0.542. The van der Waals surface area contributed by atoms with Crippen molar-refractivity contribution in [2.24, 2.45) is 5.92 Å². The van der Waals surface area contributed by atoms with E-state index in [2.05, 4.69) is 18.7 Å². The van der Waals surface area contributed by atoms with Gasteiger partial charge in [-0.2, -0.15) is 4.31 Å². The van der Waals surface area contributed by atoms with Gasteiger partial charge in [-0.1, -0.05) is 11.6 Å². The highest BCUT2D eigenvalue weighted by Gasteiger charge is 2.37. The Morgan fingerprint density at radius 1 is 1.18 bits per heavy atom. The molecule has 3 rings (SSSR count). The SMILES string of the molecule is COCCN([C@H]1CC[C@H](C(=O)N2CCN(C(C)C)CC2)CC1)S(=O)(=O)c1ccc(F)c(Cl)c1. The van der Waals surface area contributed by atoms with E-state index >= 15 is 0 Å².